The number of carbonyl (C=O) groups excluding carboxylic acids is 1. The van der Waals surface area contributed by atoms with Gasteiger partial charge in [0.25, 0.3) is 0 Å². The molecule has 0 aliphatic heterocycles. The number of hydrogen-bond donors (Lipinski definition) is 3. The SMILES string of the molecule is C=CCC(NC(=O)Nc1nc(OC)cc(OC)n1)C(=O)O. The molecule has 9 heteroatoms. The molecule has 0 aliphatic rings. The van der Waals surface area contributed by atoms with E-state index in [1.165, 1.54) is 26.4 Å². The largest absolute Gasteiger partial charge is 0.481 e. The summed E-state index contributed by atoms with van der Waals surface area (Å²) in [6.07, 6.45) is 1.48. The number of urea groups is 1. The lowest BCUT2D eigenvalue weighted by atomic mass is 10.2. The van der Waals surface area contributed by atoms with E-state index in [0.717, 1.165) is 0 Å². The molecule has 0 saturated heterocycles. The highest BCUT2D eigenvalue weighted by molar-refractivity contribution is 5.90. The molecule has 0 radical (unpaired) electrons. The Bertz CT molecular complexity index is 512. The van der Waals surface area contributed by atoms with E-state index in [0.29, 0.717) is 0 Å². The zero-order chi connectivity index (χ0) is 15.8. The van der Waals surface area contributed by atoms with Crippen LogP contribution >= 0.6 is 0 Å². The lowest BCUT2D eigenvalue weighted by Crippen LogP contribution is -2.42. The quantitative estimate of drug-likeness (QED) is 0.631. The maximum absolute atomic E-state index is 11.7. The van der Waals surface area contributed by atoms with Crippen LogP contribution in [0.3, 0.4) is 0 Å². The fourth-order valence-electron chi connectivity index (χ4n) is 1.35. The van der Waals surface area contributed by atoms with Gasteiger partial charge < -0.3 is 19.9 Å². The molecule has 3 N–H and O–H groups in total. The van der Waals surface area contributed by atoms with Crippen LogP contribution in [-0.4, -0.2) is 47.3 Å². The number of nitrogens with zero attached hydrogens (tertiary/aromatic N) is 2. The molecule has 0 fully saturated rings. The van der Waals surface area contributed by atoms with E-state index in [1.54, 1.807) is 0 Å². The predicted octanol–water partition coefficient (Wildman–Crippen LogP) is 0.645. The average Bonchev–Trinajstić information content (AvgIpc) is 2.46. The van der Waals surface area contributed by atoms with Gasteiger partial charge in [-0.15, -0.1) is 6.58 Å². The second kappa shape index (κ2) is 7.68. The van der Waals surface area contributed by atoms with Crippen molar-refractivity contribution in [1.82, 2.24) is 15.3 Å². The molecule has 1 aromatic heterocycles. The normalized spacial score (nSPS) is 11.1. The molecule has 1 aromatic rings. The van der Waals surface area contributed by atoms with Crippen molar-refractivity contribution in [2.45, 2.75) is 12.5 Å². The molecule has 9 nitrogen and oxygen atoms in total. The highest BCUT2D eigenvalue weighted by Gasteiger charge is 2.19. The molecule has 0 aromatic carbocycles. The molecule has 0 spiro atoms. The third kappa shape index (κ3) is 4.97. The molecule has 2 amide bonds. The van der Waals surface area contributed by atoms with Gasteiger partial charge in [0, 0.05) is 0 Å². The fourth-order valence-corrected chi connectivity index (χ4v) is 1.35. The van der Waals surface area contributed by atoms with Crippen LogP contribution in [0.25, 0.3) is 0 Å². The van der Waals surface area contributed by atoms with E-state index in [4.69, 9.17) is 14.6 Å². The number of carboxylic acids is 1. The number of anilines is 1. The van der Waals surface area contributed by atoms with Gasteiger partial charge in [0.15, 0.2) is 0 Å². The topological polar surface area (TPSA) is 123 Å². The van der Waals surface area contributed by atoms with Crippen molar-refractivity contribution in [3.63, 3.8) is 0 Å². The minimum absolute atomic E-state index is 0.0774. The predicted molar refractivity (Wildman–Crippen MR) is 73.5 cm³/mol. The van der Waals surface area contributed by atoms with Crippen LogP contribution in [0.2, 0.25) is 0 Å². The first-order chi connectivity index (χ1) is 9.99. The molecule has 1 rings (SSSR count). The van der Waals surface area contributed by atoms with Crippen molar-refractivity contribution >= 4 is 17.9 Å². The number of methoxy groups -OCH3 is 2. The number of carbonyl (C=O) groups is 2. The maximum Gasteiger partial charge on any atom is 0.326 e. The second-order valence-corrected chi connectivity index (χ2v) is 3.79. The summed E-state index contributed by atoms with van der Waals surface area (Å²) in [6.45, 7) is 3.43. The first-order valence-electron chi connectivity index (χ1n) is 5.88. The monoisotopic (exact) mass is 296 g/mol. The van der Waals surface area contributed by atoms with E-state index in [1.807, 2.05) is 0 Å². The van der Waals surface area contributed by atoms with Crippen LogP contribution in [0, 0.1) is 0 Å². The van der Waals surface area contributed by atoms with Gasteiger partial charge in [-0.2, -0.15) is 9.97 Å². The van der Waals surface area contributed by atoms with E-state index in [9.17, 15) is 9.59 Å². The summed E-state index contributed by atoms with van der Waals surface area (Å²) < 4.78 is 9.85. The summed E-state index contributed by atoms with van der Waals surface area (Å²) in [6, 6.07) is -0.421. The number of nitrogens with one attached hydrogen (secondary N) is 2. The van der Waals surface area contributed by atoms with Crippen LogP contribution in [0.4, 0.5) is 10.7 Å². The van der Waals surface area contributed by atoms with Crippen molar-refractivity contribution in [2.75, 3.05) is 19.5 Å². The Labute approximate surface area is 121 Å². The van der Waals surface area contributed by atoms with Gasteiger partial charge in [0.2, 0.25) is 17.7 Å². The van der Waals surface area contributed by atoms with Crippen LogP contribution < -0.4 is 20.1 Å². The van der Waals surface area contributed by atoms with Crippen LogP contribution in [0.5, 0.6) is 11.8 Å². The van der Waals surface area contributed by atoms with Gasteiger partial charge in [-0.3, -0.25) is 5.32 Å². The fraction of sp³-hybridized carbons (Fsp3) is 0.333. The minimum Gasteiger partial charge on any atom is -0.481 e. The number of amides is 2. The van der Waals surface area contributed by atoms with Gasteiger partial charge in [0.05, 0.1) is 20.3 Å². The summed E-state index contributed by atoms with van der Waals surface area (Å²) in [4.78, 5) is 30.4. The van der Waals surface area contributed by atoms with Crippen LogP contribution in [0.15, 0.2) is 18.7 Å². The van der Waals surface area contributed by atoms with Gasteiger partial charge in [-0.1, -0.05) is 6.08 Å². The lowest BCUT2D eigenvalue weighted by molar-refractivity contribution is -0.139. The zero-order valence-electron chi connectivity index (χ0n) is 11.6. The maximum atomic E-state index is 11.7. The zero-order valence-corrected chi connectivity index (χ0v) is 11.6. The first kappa shape index (κ1) is 16.2. The van der Waals surface area contributed by atoms with Crippen LogP contribution in [0.1, 0.15) is 6.42 Å². The summed E-state index contributed by atoms with van der Waals surface area (Å²) in [5.74, 6) is -0.864. The third-order valence-corrected chi connectivity index (χ3v) is 2.33. The molecular weight excluding hydrogens is 280 g/mol. The average molecular weight is 296 g/mol. The summed E-state index contributed by atoms with van der Waals surface area (Å²) in [5, 5.41) is 13.5. The number of aliphatic carboxylic acids is 1. The van der Waals surface area contributed by atoms with Gasteiger partial charge >= 0.3 is 12.0 Å². The lowest BCUT2D eigenvalue weighted by Gasteiger charge is -2.13. The van der Waals surface area contributed by atoms with Crippen molar-refractivity contribution in [2.24, 2.45) is 0 Å². The summed E-state index contributed by atoms with van der Waals surface area (Å²) in [5.41, 5.74) is 0. The highest BCUT2D eigenvalue weighted by Crippen LogP contribution is 2.17. The smallest absolute Gasteiger partial charge is 0.326 e. The van der Waals surface area contributed by atoms with Gasteiger partial charge in [-0.05, 0) is 6.42 Å². The number of carboxylic acid groups (broad SMARTS) is 1. The van der Waals surface area contributed by atoms with E-state index in [2.05, 4.69) is 27.2 Å². The number of aromatic nitrogens is 2. The van der Waals surface area contributed by atoms with Crippen molar-refractivity contribution < 1.29 is 24.2 Å². The van der Waals surface area contributed by atoms with Gasteiger partial charge in [-0.25, -0.2) is 9.59 Å². The Morgan fingerprint density at radius 3 is 2.38 bits per heavy atom. The van der Waals surface area contributed by atoms with E-state index < -0.39 is 18.0 Å². The molecule has 1 atom stereocenters. The van der Waals surface area contributed by atoms with Crippen molar-refractivity contribution in [3.05, 3.63) is 18.7 Å². The Morgan fingerprint density at radius 1 is 1.38 bits per heavy atom. The summed E-state index contributed by atoms with van der Waals surface area (Å²) >= 11 is 0. The third-order valence-electron chi connectivity index (χ3n) is 2.33. The molecule has 0 saturated carbocycles. The summed E-state index contributed by atoms with van der Waals surface area (Å²) in [7, 11) is 2.80. The van der Waals surface area contributed by atoms with Crippen molar-refractivity contribution in [1.29, 1.82) is 0 Å². The van der Waals surface area contributed by atoms with Crippen molar-refractivity contribution in [3.8, 4) is 11.8 Å². The molecule has 114 valence electrons. The molecule has 1 unspecified atom stereocenters. The Balaban J connectivity index is 2.77. The highest BCUT2D eigenvalue weighted by atomic mass is 16.5. The molecule has 1 heterocycles. The number of rotatable bonds is 7. The standard InChI is InChI=1S/C12H16N4O5/c1-4-5-7(10(17)18)13-12(19)16-11-14-8(20-2)6-9(15-11)21-3/h4,6-7H,1,5H2,2-3H3,(H,17,18)(H2,13,14,15,16,19). The minimum atomic E-state index is -1.17. The van der Waals surface area contributed by atoms with Crippen LogP contribution in [-0.2, 0) is 4.79 Å². The number of ether oxygens (including phenoxy) is 2. The first-order valence-corrected chi connectivity index (χ1v) is 5.88. The second-order valence-electron chi connectivity index (χ2n) is 3.79. The molecule has 0 aliphatic carbocycles. The number of hydrogen-bond acceptors (Lipinski definition) is 6. The Hall–Kier alpha value is -2.84. The Morgan fingerprint density at radius 2 is 1.95 bits per heavy atom. The molecule has 21 heavy (non-hydrogen) atoms. The van der Waals surface area contributed by atoms with E-state index in [-0.39, 0.29) is 24.1 Å². The van der Waals surface area contributed by atoms with E-state index >= 15 is 0 Å². The molecule has 0 bridgehead atoms. The van der Waals surface area contributed by atoms with Gasteiger partial charge in [0.1, 0.15) is 6.04 Å². The molecular formula is C12H16N4O5. The Kier molecular flexibility index (Phi) is 5.93.